The van der Waals surface area contributed by atoms with Crippen molar-refractivity contribution in [1.29, 1.82) is 0 Å². The van der Waals surface area contributed by atoms with Gasteiger partial charge in [-0.05, 0) is 47.7 Å². The average molecular weight is 375 g/mol. The lowest BCUT2D eigenvalue weighted by Gasteiger charge is -2.44. The Morgan fingerprint density at radius 1 is 1.15 bits per heavy atom. The molecule has 2 aromatic carbocycles. The first-order chi connectivity index (χ1) is 12.7. The molecule has 1 fully saturated rings. The Morgan fingerprint density at radius 2 is 1.96 bits per heavy atom. The van der Waals surface area contributed by atoms with Gasteiger partial charge in [0.1, 0.15) is 5.82 Å². The van der Waals surface area contributed by atoms with Gasteiger partial charge in [0.2, 0.25) is 0 Å². The molecule has 138 valence electrons. The van der Waals surface area contributed by atoms with Crippen molar-refractivity contribution in [2.24, 2.45) is 0 Å². The van der Waals surface area contributed by atoms with Gasteiger partial charge in [-0.3, -0.25) is 4.90 Å². The molecule has 2 aliphatic rings. The molecule has 1 aliphatic carbocycles. The summed E-state index contributed by atoms with van der Waals surface area (Å²) in [7, 11) is 0. The van der Waals surface area contributed by atoms with Crippen LogP contribution in [0.4, 0.5) is 4.39 Å². The van der Waals surface area contributed by atoms with Crippen molar-refractivity contribution in [3.63, 3.8) is 0 Å². The molecule has 26 heavy (non-hydrogen) atoms. The van der Waals surface area contributed by atoms with E-state index in [1.807, 2.05) is 0 Å². The van der Waals surface area contributed by atoms with Crippen LogP contribution in [0.2, 0.25) is 5.02 Å². The smallest absolute Gasteiger partial charge is 0.125 e. The van der Waals surface area contributed by atoms with Gasteiger partial charge in [-0.15, -0.1) is 0 Å². The van der Waals surface area contributed by atoms with Gasteiger partial charge in [0.05, 0.1) is 18.8 Å². The Hall–Kier alpha value is -1.46. The van der Waals surface area contributed by atoms with Crippen LogP contribution in [0.1, 0.15) is 23.1 Å². The summed E-state index contributed by atoms with van der Waals surface area (Å²) in [5.41, 5.74) is 3.50. The third kappa shape index (κ3) is 3.52. The highest BCUT2D eigenvalue weighted by Gasteiger charge is 2.44. The fourth-order valence-electron chi connectivity index (χ4n) is 4.36. The van der Waals surface area contributed by atoms with Crippen molar-refractivity contribution < 1.29 is 9.13 Å². The van der Waals surface area contributed by atoms with Crippen LogP contribution in [0.3, 0.4) is 0 Å². The zero-order valence-corrected chi connectivity index (χ0v) is 15.6. The second kappa shape index (κ2) is 7.65. The number of fused-ring (bicyclic) bond motifs is 1. The summed E-state index contributed by atoms with van der Waals surface area (Å²) < 4.78 is 19.7. The molecule has 0 amide bonds. The molecule has 1 saturated heterocycles. The van der Waals surface area contributed by atoms with Gasteiger partial charge in [0, 0.05) is 31.2 Å². The summed E-state index contributed by atoms with van der Waals surface area (Å²) in [5, 5.41) is 3.84. The number of rotatable bonds is 5. The number of benzene rings is 2. The van der Waals surface area contributed by atoms with E-state index < -0.39 is 0 Å². The van der Waals surface area contributed by atoms with E-state index >= 15 is 0 Å². The molecule has 5 heteroatoms. The molecular formula is C21H24ClFN2O. The highest BCUT2D eigenvalue weighted by Crippen LogP contribution is 2.42. The van der Waals surface area contributed by atoms with E-state index in [0.717, 1.165) is 44.6 Å². The Balaban J connectivity index is 1.54. The number of aryl methyl sites for hydroxylation is 1. The van der Waals surface area contributed by atoms with Crippen LogP contribution in [-0.4, -0.2) is 37.7 Å². The lowest BCUT2D eigenvalue weighted by Crippen LogP contribution is -2.55. The summed E-state index contributed by atoms with van der Waals surface area (Å²) in [6.07, 6.45) is 2.14. The number of hydrogen-bond acceptors (Lipinski definition) is 3. The topological polar surface area (TPSA) is 24.5 Å². The average Bonchev–Trinajstić information content (AvgIpc) is 3.02. The number of hydrogen-bond donors (Lipinski definition) is 1. The third-order valence-corrected chi connectivity index (χ3v) is 5.80. The largest absolute Gasteiger partial charge is 0.374 e. The SMILES string of the molecule is Fc1cc(Cl)cc(COCC2(N3CCNCC3)CCc3ccccc32)c1. The van der Waals surface area contributed by atoms with Crippen LogP contribution in [0.15, 0.2) is 42.5 Å². The Bertz CT molecular complexity index is 758. The molecule has 1 heterocycles. The molecule has 3 nitrogen and oxygen atoms in total. The van der Waals surface area contributed by atoms with Crippen molar-refractivity contribution in [3.05, 3.63) is 70.0 Å². The van der Waals surface area contributed by atoms with E-state index in [4.69, 9.17) is 16.3 Å². The highest BCUT2D eigenvalue weighted by molar-refractivity contribution is 6.30. The summed E-state index contributed by atoms with van der Waals surface area (Å²) in [5.74, 6) is -0.320. The molecule has 0 radical (unpaired) electrons. The first-order valence-corrected chi connectivity index (χ1v) is 9.62. The van der Waals surface area contributed by atoms with Crippen LogP contribution < -0.4 is 5.32 Å². The minimum Gasteiger partial charge on any atom is -0.374 e. The van der Waals surface area contributed by atoms with Gasteiger partial charge < -0.3 is 10.1 Å². The standard InChI is InChI=1S/C21H24ClFN2O/c22-18-11-16(12-19(23)13-18)14-26-15-21(25-9-7-24-8-10-25)6-5-17-3-1-2-4-20(17)21/h1-4,11-13,24H,5-10,14-15H2. The van der Waals surface area contributed by atoms with Gasteiger partial charge >= 0.3 is 0 Å². The van der Waals surface area contributed by atoms with Crippen molar-refractivity contribution in [2.75, 3.05) is 32.8 Å². The van der Waals surface area contributed by atoms with E-state index in [-0.39, 0.29) is 11.4 Å². The molecular weight excluding hydrogens is 351 g/mol. The van der Waals surface area contributed by atoms with Crippen molar-refractivity contribution in [1.82, 2.24) is 10.2 Å². The predicted octanol–water partition coefficient (Wildman–Crippen LogP) is 3.74. The molecule has 0 aromatic heterocycles. The van der Waals surface area contributed by atoms with Gasteiger partial charge in [-0.2, -0.15) is 0 Å². The minimum absolute atomic E-state index is 0.0875. The molecule has 1 unspecified atom stereocenters. The van der Waals surface area contributed by atoms with Crippen LogP contribution in [0, 0.1) is 5.82 Å². The van der Waals surface area contributed by atoms with E-state index in [9.17, 15) is 4.39 Å². The molecule has 1 N–H and O–H groups in total. The first-order valence-electron chi connectivity index (χ1n) is 9.24. The normalized spacial score (nSPS) is 23.2. The van der Waals surface area contributed by atoms with Gasteiger partial charge in [0.25, 0.3) is 0 Å². The lowest BCUT2D eigenvalue weighted by molar-refractivity contribution is -0.0240. The summed E-state index contributed by atoms with van der Waals surface area (Å²) in [6, 6.07) is 13.3. The van der Waals surface area contributed by atoms with Gasteiger partial charge in [0.15, 0.2) is 0 Å². The highest BCUT2D eigenvalue weighted by atomic mass is 35.5. The molecule has 0 bridgehead atoms. The predicted molar refractivity (Wildman–Crippen MR) is 102 cm³/mol. The van der Waals surface area contributed by atoms with Crippen LogP contribution in [0.5, 0.6) is 0 Å². The van der Waals surface area contributed by atoms with Crippen LogP contribution in [0.25, 0.3) is 0 Å². The first kappa shape index (κ1) is 17.9. The molecule has 0 spiro atoms. The molecule has 1 aliphatic heterocycles. The second-order valence-corrected chi connectivity index (χ2v) is 7.63. The number of nitrogens with zero attached hydrogens (tertiary/aromatic N) is 1. The number of ether oxygens (including phenoxy) is 1. The molecule has 0 saturated carbocycles. The summed E-state index contributed by atoms with van der Waals surface area (Å²) >= 11 is 5.96. The third-order valence-electron chi connectivity index (χ3n) is 5.58. The molecule has 1 atom stereocenters. The van der Waals surface area contributed by atoms with E-state index in [1.165, 1.54) is 23.3 Å². The maximum Gasteiger partial charge on any atom is 0.125 e. The zero-order valence-electron chi connectivity index (χ0n) is 14.8. The minimum atomic E-state index is -0.320. The quantitative estimate of drug-likeness (QED) is 0.862. The monoisotopic (exact) mass is 374 g/mol. The van der Waals surface area contributed by atoms with Crippen LogP contribution in [-0.2, 0) is 23.3 Å². The Kier molecular flexibility index (Phi) is 5.28. The lowest BCUT2D eigenvalue weighted by atomic mass is 9.89. The van der Waals surface area contributed by atoms with Crippen LogP contribution >= 0.6 is 11.6 Å². The van der Waals surface area contributed by atoms with Crippen molar-refractivity contribution in [3.8, 4) is 0 Å². The van der Waals surface area contributed by atoms with E-state index in [1.54, 1.807) is 6.07 Å². The fraction of sp³-hybridized carbons (Fsp3) is 0.429. The Labute approximate surface area is 159 Å². The van der Waals surface area contributed by atoms with Crippen molar-refractivity contribution >= 4 is 11.6 Å². The fourth-order valence-corrected chi connectivity index (χ4v) is 4.61. The van der Waals surface area contributed by atoms with Gasteiger partial charge in [-0.25, -0.2) is 4.39 Å². The summed E-state index contributed by atoms with van der Waals surface area (Å²) in [6.45, 7) is 5.02. The van der Waals surface area contributed by atoms with E-state index in [2.05, 4.69) is 34.5 Å². The number of nitrogens with one attached hydrogen (secondary N) is 1. The van der Waals surface area contributed by atoms with Gasteiger partial charge in [-0.1, -0.05) is 35.9 Å². The zero-order chi connectivity index (χ0) is 18.0. The maximum absolute atomic E-state index is 13.6. The second-order valence-electron chi connectivity index (χ2n) is 7.20. The summed E-state index contributed by atoms with van der Waals surface area (Å²) in [4.78, 5) is 2.56. The number of piperazine rings is 1. The Morgan fingerprint density at radius 3 is 2.77 bits per heavy atom. The molecule has 2 aromatic rings. The molecule has 4 rings (SSSR count). The number of halogens is 2. The maximum atomic E-state index is 13.6. The van der Waals surface area contributed by atoms with E-state index in [0.29, 0.717) is 18.2 Å². The van der Waals surface area contributed by atoms with Crippen molar-refractivity contribution in [2.45, 2.75) is 25.0 Å².